The van der Waals surface area contributed by atoms with E-state index in [0.717, 1.165) is 6.42 Å². The van der Waals surface area contributed by atoms with Gasteiger partial charge in [-0.1, -0.05) is 0 Å². The number of rotatable bonds is 6. The normalized spacial score (nSPS) is 8.91. The average Bonchev–Trinajstić information content (AvgIpc) is 1.99. The third-order valence-electron chi connectivity index (χ3n) is 1.32. The molecule has 4 heteroatoms. The van der Waals surface area contributed by atoms with Crippen LogP contribution in [0.3, 0.4) is 0 Å². The van der Waals surface area contributed by atoms with E-state index in [1.54, 1.807) is 0 Å². The fourth-order valence-corrected chi connectivity index (χ4v) is 3.97. The molecule has 0 aliphatic carbocycles. The quantitative estimate of drug-likeness (QED) is 0.423. The van der Waals surface area contributed by atoms with Gasteiger partial charge in [-0.15, -0.1) is 0 Å². The van der Waals surface area contributed by atoms with E-state index in [2.05, 4.69) is 13.6 Å². The molecule has 0 spiro atoms. The molecule has 0 rings (SSSR count). The van der Waals surface area contributed by atoms with E-state index in [1.165, 1.54) is 11.4 Å². The SMILES string of the molecule is CCOC(=O)CCC[CH2][Zn][Br]. The molecule has 0 N–H and O–H groups in total. The molecule has 0 radical (unpaired) electrons. The molecular weight excluding hydrogens is 261 g/mol. The van der Waals surface area contributed by atoms with Crippen LogP contribution in [0.5, 0.6) is 0 Å². The number of hydrogen-bond acceptors (Lipinski definition) is 2. The Hall–Kier alpha value is 0.573. The Kier molecular flexibility index (Phi) is 9.12. The van der Waals surface area contributed by atoms with Crippen LogP contribution in [0.1, 0.15) is 26.2 Å². The van der Waals surface area contributed by atoms with Crippen LogP contribution in [-0.2, 0) is 24.7 Å². The molecule has 0 aliphatic rings. The Labute approximate surface area is 82.0 Å². The van der Waals surface area contributed by atoms with E-state index in [-0.39, 0.29) is 21.1 Å². The van der Waals surface area contributed by atoms with Crippen LogP contribution in [0.25, 0.3) is 0 Å². The number of ether oxygens (including phenoxy) is 1. The second-order valence-electron chi connectivity index (χ2n) is 2.30. The van der Waals surface area contributed by atoms with Crippen molar-refractivity contribution < 1.29 is 24.7 Å². The number of hydrogen-bond donors (Lipinski definition) is 0. The monoisotopic (exact) mass is 272 g/mol. The number of esters is 1. The Bertz CT molecular complexity index is 109. The second-order valence-corrected chi connectivity index (χ2v) is 8.70. The van der Waals surface area contributed by atoms with Gasteiger partial charge in [0.15, 0.2) is 0 Å². The summed E-state index contributed by atoms with van der Waals surface area (Å²) in [5, 5.41) is 1.33. The van der Waals surface area contributed by atoms with Crippen molar-refractivity contribution in [1.82, 2.24) is 0 Å². The predicted molar refractivity (Wildman–Crippen MR) is 44.2 cm³/mol. The van der Waals surface area contributed by atoms with Crippen LogP contribution < -0.4 is 0 Å². The summed E-state index contributed by atoms with van der Waals surface area (Å²) < 4.78 is 4.79. The summed E-state index contributed by atoms with van der Waals surface area (Å²) in [5.41, 5.74) is 0. The maximum absolute atomic E-state index is 10.8. The third-order valence-corrected chi connectivity index (χ3v) is 5.84. The topological polar surface area (TPSA) is 26.3 Å². The number of halogens is 1. The fourth-order valence-electron chi connectivity index (χ4n) is 0.774. The van der Waals surface area contributed by atoms with Gasteiger partial charge in [-0.2, -0.15) is 0 Å². The molecule has 0 amide bonds. The molecule has 2 nitrogen and oxygen atoms in total. The molecule has 0 heterocycles. The molecule has 0 atom stereocenters. The van der Waals surface area contributed by atoms with E-state index >= 15 is 0 Å². The van der Waals surface area contributed by atoms with Gasteiger partial charge in [-0.3, -0.25) is 0 Å². The fraction of sp³-hybridized carbons (Fsp3) is 0.857. The first-order valence-corrected chi connectivity index (χ1v) is 13.1. The third kappa shape index (κ3) is 8.48. The molecule has 0 aromatic rings. The number of unbranched alkanes of at least 4 members (excludes halogenated alkanes) is 1. The number of carbonyl (C=O) groups is 1. The Balaban J connectivity index is 3.04. The van der Waals surface area contributed by atoms with Gasteiger partial charge >= 0.3 is 82.1 Å². The van der Waals surface area contributed by atoms with E-state index < -0.39 is 0 Å². The zero-order valence-electron chi connectivity index (χ0n) is 6.94. The van der Waals surface area contributed by atoms with Gasteiger partial charge in [0.1, 0.15) is 0 Å². The molecule has 0 fully saturated rings. The molecule has 0 saturated carbocycles. The van der Waals surface area contributed by atoms with Gasteiger partial charge in [0, 0.05) is 0 Å². The Morgan fingerprint density at radius 3 is 2.82 bits per heavy atom. The molecule has 0 unspecified atom stereocenters. The summed E-state index contributed by atoms with van der Waals surface area (Å²) >= 11 is 3.18. The van der Waals surface area contributed by atoms with Crippen LogP contribution in [-0.4, -0.2) is 12.6 Å². The Morgan fingerprint density at radius 2 is 2.27 bits per heavy atom. The summed E-state index contributed by atoms with van der Waals surface area (Å²) in [4.78, 5) is 10.8. The zero-order chi connectivity index (χ0) is 8.53. The predicted octanol–water partition coefficient (Wildman–Crippen LogP) is 2.53. The average molecular weight is 274 g/mol. The molecule has 62 valence electrons. The standard InChI is InChI=1S/C7H13O2.BrH.Zn/c1-3-5-6-7(8)9-4-2;;/h1,3-6H2,2H3;1H;/q;;+1/p-1. The Morgan fingerprint density at radius 1 is 1.55 bits per heavy atom. The van der Waals surface area contributed by atoms with Crippen molar-refractivity contribution in [2.75, 3.05) is 6.61 Å². The maximum atomic E-state index is 10.8. The molecule has 11 heavy (non-hydrogen) atoms. The minimum absolute atomic E-state index is 0.0467. The van der Waals surface area contributed by atoms with Gasteiger partial charge < -0.3 is 0 Å². The summed E-state index contributed by atoms with van der Waals surface area (Å²) in [5.74, 6) is -0.0467. The molecule has 0 aromatic carbocycles. The zero-order valence-corrected chi connectivity index (χ0v) is 11.5. The first kappa shape index (κ1) is 11.6. The first-order valence-electron chi connectivity index (χ1n) is 4.02. The van der Waals surface area contributed by atoms with Crippen LogP contribution in [0.4, 0.5) is 0 Å². The number of carbonyl (C=O) groups excluding carboxylic acids is 1. The van der Waals surface area contributed by atoms with E-state index in [9.17, 15) is 4.79 Å². The first-order chi connectivity index (χ1) is 5.31. The van der Waals surface area contributed by atoms with Gasteiger partial charge in [0.25, 0.3) is 0 Å². The van der Waals surface area contributed by atoms with Crippen molar-refractivity contribution in [2.24, 2.45) is 0 Å². The van der Waals surface area contributed by atoms with Crippen molar-refractivity contribution in [3.05, 3.63) is 0 Å². The van der Waals surface area contributed by atoms with Crippen molar-refractivity contribution in [1.29, 1.82) is 0 Å². The van der Waals surface area contributed by atoms with Crippen molar-refractivity contribution in [2.45, 2.75) is 31.2 Å². The van der Waals surface area contributed by atoms with Gasteiger partial charge in [-0.05, 0) is 0 Å². The van der Waals surface area contributed by atoms with E-state index in [4.69, 9.17) is 4.74 Å². The van der Waals surface area contributed by atoms with E-state index in [0.29, 0.717) is 13.0 Å². The summed E-state index contributed by atoms with van der Waals surface area (Å²) in [7, 11) is 0. The van der Waals surface area contributed by atoms with Crippen molar-refractivity contribution in [3.8, 4) is 0 Å². The summed E-state index contributed by atoms with van der Waals surface area (Å²) in [6, 6.07) is 0. The van der Waals surface area contributed by atoms with Crippen LogP contribution in [0, 0.1) is 0 Å². The molecule has 0 saturated heterocycles. The molecule has 0 bridgehead atoms. The van der Waals surface area contributed by atoms with Crippen LogP contribution >= 0.6 is 13.6 Å². The van der Waals surface area contributed by atoms with Gasteiger partial charge in [0.05, 0.1) is 0 Å². The molecular formula is C7H13BrO2Zn. The second kappa shape index (κ2) is 8.67. The van der Waals surface area contributed by atoms with Crippen molar-refractivity contribution in [3.63, 3.8) is 0 Å². The minimum atomic E-state index is -0.334. The van der Waals surface area contributed by atoms with E-state index in [1.807, 2.05) is 6.92 Å². The molecule has 0 aromatic heterocycles. The van der Waals surface area contributed by atoms with Crippen molar-refractivity contribution >= 4 is 19.6 Å². The summed E-state index contributed by atoms with van der Waals surface area (Å²) in [6.45, 7) is 2.35. The van der Waals surface area contributed by atoms with Gasteiger partial charge in [-0.25, -0.2) is 0 Å². The summed E-state index contributed by atoms with van der Waals surface area (Å²) in [6.07, 6.45) is 2.78. The van der Waals surface area contributed by atoms with Crippen LogP contribution in [0.15, 0.2) is 0 Å². The molecule has 0 aliphatic heterocycles. The van der Waals surface area contributed by atoms with Crippen LogP contribution in [0.2, 0.25) is 5.02 Å². The van der Waals surface area contributed by atoms with Gasteiger partial charge in [0.2, 0.25) is 0 Å².